The minimum absolute atomic E-state index is 0.000680. The van der Waals surface area contributed by atoms with Crippen LogP contribution in [-0.2, 0) is 16.0 Å². The highest BCUT2D eigenvalue weighted by molar-refractivity contribution is 5.81. The summed E-state index contributed by atoms with van der Waals surface area (Å²) in [4.78, 5) is 26.2. The molecule has 0 spiro atoms. The van der Waals surface area contributed by atoms with E-state index in [2.05, 4.69) is 19.2 Å². The van der Waals surface area contributed by atoms with Gasteiger partial charge >= 0.3 is 0 Å². The van der Waals surface area contributed by atoms with Crippen molar-refractivity contribution in [3.8, 4) is 0 Å². The molecule has 0 atom stereocenters. The van der Waals surface area contributed by atoms with Gasteiger partial charge in [0.25, 0.3) is 0 Å². The smallest absolute Gasteiger partial charge is 0.226 e. The first-order valence-corrected chi connectivity index (χ1v) is 8.75. The van der Waals surface area contributed by atoms with Crippen LogP contribution in [0.3, 0.4) is 0 Å². The molecule has 1 aliphatic rings. The van der Waals surface area contributed by atoms with Gasteiger partial charge in [-0.1, -0.05) is 26.0 Å². The van der Waals surface area contributed by atoms with Gasteiger partial charge in [0.05, 0.1) is 6.42 Å². The molecule has 5 heteroatoms. The second-order valence-electron chi connectivity index (χ2n) is 6.94. The maximum absolute atomic E-state index is 13.2. The van der Waals surface area contributed by atoms with E-state index >= 15 is 0 Å². The number of nitrogens with zero attached hydrogens (tertiary/aromatic N) is 1. The lowest BCUT2D eigenvalue weighted by Crippen LogP contribution is -2.43. The number of hydrogen-bond donors (Lipinski definition) is 1. The third kappa shape index (κ3) is 5.62. The number of hydrogen-bond acceptors (Lipinski definition) is 2. The maximum Gasteiger partial charge on any atom is 0.226 e. The van der Waals surface area contributed by atoms with Crippen LogP contribution in [0.1, 0.15) is 38.7 Å². The molecular formula is C19H27FN2O2. The number of amides is 2. The number of nitrogens with one attached hydrogen (secondary N) is 1. The van der Waals surface area contributed by atoms with E-state index in [1.54, 1.807) is 17.0 Å². The van der Waals surface area contributed by atoms with Crippen molar-refractivity contribution >= 4 is 11.8 Å². The summed E-state index contributed by atoms with van der Waals surface area (Å²) >= 11 is 0. The van der Waals surface area contributed by atoms with Gasteiger partial charge in [-0.2, -0.15) is 0 Å². The number of likely N-dealkylation sites (tertiary alicyclic amines) is 1. The predicted octanol–water partition coefficient (Wildman–Crippen LogP) is 2.77. The summed E-state index contributed by atoms with van der Waals surface area (Å²) in [6.45, 7) is 6.17. The average Bonchev–Trinajstić information content (AvgIpc) is 2.54. The Hall–Kier alpha value is -1.91. The lowest BCUT2D eigenvalue weighted by molar-refractivity contribution is -0.135. The topological polar surface area (TPSA) is 49.4 Å². The van der Waals surface area contributed by atoms with Gasteiger partial charge in [-0.25, -0.2) is 4.39 Å². The van der Waals surface area contributed by atoms with E-state index in [9.17, 15) is 14.0 Å². The zero-order valence-electron chi connectivity index (χ0n) is 14.6. The molecule has 1 aromatic rings. The van der Waals surface area contributed by atoms with Gasteiger partial charge in [-0.05, 0) is 42.9 Å². The van der Waals surface area contributed by atoms with Crippen LogP contribution in [0.15, 0.2) is 24.3 Å². The fourth-order valence-corrected chi connectivity index (χ4v) is 2.95. The highest BCUT2D eigenvalue weighted by Crippen LogP contribution is 2.18. The number of rotatable bonds is 6. The molecule has 0 aliphatic carbocycles. The lowest BCUT2D eigenvalue weighted by Gasteiger charge is -2.31. The van der Waals surface area contributed by atoms with Crippen molar-refractivity contribution in [2.45, 2.75) is 39.5 Å². The predicted molar refractivity (Wildman–Crippen MR) is 91.9 cm³/mol. The molecule has 0 bridgehead atoms. The van der Waals surface area contributed by atoms with Crippen LogP contribution >= 0.6 is 0 Å². The third-order valence-corrected chi connectivity index (χ3v) is 4.48. The highest BCUT2D eigenvalue weighted by Gasteiger charge is 2.27. The van der Waals surface area contributed by atoms with E-state index in [0.717, 1.165) is 13.0 Å². The van der Waals surface area contributed by atoms with Crippen LogP contribution in [0.4, 0.5) is 4.39 Å². The average molecular weight is 334 g/mol. The van der Waals surface area contributed by atoms with E-state index in [4.69, 9.17) is 0 Å². The third-order valence-electron chi connectivity index (χ3n) is 4.48. The molecule has 1 aromatic carbocycles. The van der Waals surface area contributed by atoms with E-state index in [0.29, 0.717) is 37.4 Å². The van der Waals surface area contributed by atoms with Crippen molar-refractivity contribution < 1.29 is 14.0 Å². The number of carbonyl (C=O) groups excluding carboxylic acids is 2. The molecule has 1 heterocycles. The first kappa shape index (κ1) is 18.4. The van der Waals surface area contributed by atoms with Crippen LogP contribution in [0, 0.1) is 17.7 Å². The SMILES string of the molecule is CC(C)CCNC(=O)C1CCN(C(=O)Cc2cccc(F)c2)CC1. The highest BCUT2D eigenvalue weighted by atomic mass is 19.1. The molecular weight excluding hydrogens is 307 g/mol. The van der Waals surface area contributed by atoms with E-state index in [-0.39, 0.29) is 30.0 Å². The minimum atomic E-state index is -0.322. The molecule has 1 fully saturated rings. The zero-order valence-corrected chi connectivity index (χ0v) is 14.6. The van der Waals surface area contributed by atoms with Crippen molar-refractivity contribution in [3.63, 3.8) is 0 Å². The molecule has 1 aliphatic heterocycles. The summed E-state index contributed by atoms with van der Waals surface area (Å²) < 4.78 is 13.2. The number of benzene rings is 1. The number of piperidine rings is 1. The monoisotopic (exact) mass is 334 g/mol. The van der Waals surface area contributed by atoms with Crippen LogP contribution in [0.2, 0.25) is 0 Å². The molecule has 1 N–H and O–H groups in total. The van der Waals surface area contributed by atoms with Crippen LogP contribution in [0.25, 0.3) is 0 Å². The van der Waals surface area contributed by atoms with E-state index < -0.39 is 0 Å². The van der Waals surface area contributed by atoms with Crippen molar-refractivity contribution in [2.24, 2.45) is 11.8 Å². The zero-order chi connectivity index (χ0) is 17.5. The summed E-state index contributed by atoms with van der Waals surface area (Å²) in [5, 5.41) is 2.99. The summed E-state index contributed by atoms with van der Waals surface area (Å²) in [7, 11) is 0. The quantitative estimate of drug-likeness (QED) is 0.870. The van der Waals surface area contributed by atoms with Gasteiger partial charge in [0.15, 0.2) is 0 Å². The Morgan fingerprint density at radius 1 is 1.29 bits per heavy atom. The van der Waals surface area contributed by atoms with Crippen molar-refractivity contribution in [1.29, 1.82) is 0 Å². The van der Waals surface area contributed by atoms with Gasteiger partial charge in [-0.15, -0.1) is 0 Å². The minimum Gasteiger partial charge on any atom is -0.356 e. The molecule has 1 saturated heterocycles. The van der Waals surface area contributed by atoms with Crippen LogP contribution in [-0.4, -0.2) is 36.3 Å². The molecule has 0 unspecified atom stereocenters. The summed E-state index contributed by atoms with van der Waals surface area (Å²) in [5.74, 6) is 0.354. The molecule has 4 nitrogen and oxygen atoms in total. The van der Waals surface area contributed by atoms with E-state index in [1.165, 1.54) is 12.1 Å². The molecule has 132 valence electrons. The Kier molecular flexibility index (Phi) is 6.76. The van der Waals surface area contributed by atoms with E-state index in [1.807, 2.05) is 0 Å². The first-order chi connectivity index (χ1) is 11.5. The number of carbonyl (C=O) groups is 2. The second-order valence-corrected chi connectivity index (χ2v) is 6.94. The van der Waals surface area contributed by atoms with Gasteiger partial charge in [-0.3, -0.25) is 9.59 Å². The van der Waals surface area contributed by atoms with Crippen LogP contribution in [0.5, 0.6) is 0 Å². The Morgan fingerprint density at radius 2 is 2.00 bits per heavy atom. The van der Waals surface area contributed by atoms with Gasteiger partial charge in [0, 0.05) is 25.6 Å². The largest absolute Gasteiger partial charge is 0.356 e. The Labute approximate surface area is 143 Å². The standard InChI is InChI=1S/C19H27FN2O2/c1-14(2)6-9-21-19(24)16-7-10-22(11-8-16)18(23)13-15-4-3-5-17(20)12-15/h3-5,12,14,16H,6-11,13H2,1-2H3,(H,21,24). The first-order valence-electron chi connectivity index (χ1n) is 8.75. The second kappa shape index (κ2) is 8.81. The summed E-state index contributed by atoms with van der Waals surface area (Å²) in [5.41, 5.74) is 0.688. The fraction of sp³-hybridized carbons (Fsp3) is 0.579. The van der Waals surface area contributed by atoms with Crippen molar-refractivity contribution in [3.05, 3.63) is 35.6 Å². The molecule has 24 heavy (non-hydrogen) atoms. The Balaban J connectivity index is 1.75. The molecule has 0 saturated carbocycles. The molecule has 0 radical (unpaired) electrons. The fourth-order valence-electron chi connectivity index (χ4n) is 2.95. The van der Waals surface area contributed by atoms with Crippen LogP contribution < -0.4 is 5.32 Å². The summed E-state index contributed by atoms with van der Waals surface area (Å²) in [6.07, 6.45) is 2.59. The molecule has 2 amide bonds. The summed E-state index contributed by atoms with van der Waals surface area (Å²) in [6, 6.07) is 6.14. The van der Waals surface area contributed by atoms with Gasteiger partial charge in [0.2, 0.25) is 11.8 Å². The van der Waals surface area contributed by atoms with Gasteiger partial charge < -0.3 is 10.2 Å². The Morgan fingerprint density at radius 3 is 2.62 bits per heavy atom. The normalized spacial score (nSPS) is 15.6. The number of halogens is 1. The van der Waals surface area contributed by atoms with Gasteiger partial charge in [0.1, 0.15) is 5.82 Å². The lowest BCUT2D eigenvalue weighted by atomic mass is 9.95. The Bertz CT molecular complexity index is 566. The van der Waals surface area contributed by atoms with Crippen molar-refractivity contribution in [2.75, 3.05) is 19.6 Å². The molecule has 2 rings (SSSR count). The maximum atomic E-state index is 13.2. The van der Waals surface area contributed by atoms with Crippen molar-refractivity contribution in [1.82, 2.24) is 10.2 Å². The molecule has 0 aromatic heterocycles.